The van der Waals surface area contributed by atoms with Gasteiger partial charge in [0.1, 0.15) is 0 Å². The van der Waals surface area contributed by atoms with E-state index in [0.29, 0.717) is 19.6 Å². The van der Waals surface area contributed by atoms with Crippen LogP contribution in [0.3, 0.4) is 0 Å². The van der Waals surface area contributed by atoms with E-state index in [1.807, 2.05) is 58.9 Å². The smallest absolute Gasteiger partial charge is 0.317 e. The molecule has 0 atom stereocenters. The van der Waals surface area contributed by atoms with Crippen molar-refractivity contribution < 1.29 is 4.79 Å². The first kappa shape index (κ1) is 20.7. The summed E-state index contributed by atoms with van der Waals surface area (Å²) in [7, 11) is 1.91. The molecule has 1 aromatic carbocycles. The van der Waals surface area contributed by atoms with Crippen LogP contribution in [-0.2, 0) is 13.6 Å². The first-order valence-electron chi connectivity index (χ1n) is 11.2. The number of rotatable bonds is 4. The lowest BCUT2D eigenvalue weighted by Crippen LogP contribution is -2.51. The minimum atomic E-state index is -0.0231. The molecule has 0 aliphatic carbocycles. The monoisotopic (exact) mass is 472 g/mol. The summed E-state index contributed by atoms with van der Waals surface area (Å²) in [6.07, 6.45) is 7.79. The second-order valence-electron chi connectivity index (χ2n) is 8.47. The number of benzene rings is 1. The fraction of sp³-hybridized carbons (Fsp3) is 0.250. The van der Waals surface area contributed by atoms with E-state index in [2.05, 4.69) is 43.6 Å². The third kappa shape index (κ3) is 3.86. The molecule has 1 fully saturated rings. The molecule has 1 aliphatic heterocycles. The lowest BCUT2D eigenvalue weighted by Gasteiger charge is -2.35. The third-order valence-electron chi connectivity index (χ3n) is 6.28. The molecule has 5 aromatic rings. The zero-order valence-corrected chi connectivity index (χ0v) is 19.6. The van der Waals surface area contributed by atoms with Crippen molar-refractivity contribution >= 4 is 38.8 Å². The third-order valence-corrected chi connectivity index (χ3v) is 7.07. The summed E-state index contributed by atoms with van der Waals surface area (Å²) in [5, 5.41) is 11.9. The van der Waals surface area contributed by atoms with Crippen LogP contribution in [0.15, 0.2) is 60.6 Å². The van der Waals surface area contributed by atoms with Crippen molar-refractivity contribution in [2.75, 3.05) is 31.1 Å². The first-order chi connectivity index (χ1) is 16.6. The fourth-order valence-corrected chi connectivity index (χ4v) is 5.15. The van der Waals surface area contributed by atoms with Gasteiger partial charge < -0.3 is 15.1 Å². The molecule has 2 amide bonds. The van der Waals surface area contributed by atoms with E-state index in [9.17, 15) is 4.79 Å². The fourth-order valence-electron chi connectivity index (χ4n) is 4.40. The molecular weight excluding hydrogens is 448 g/mol. The van der Waals surface area contributed by atoms with Gasteiger partial charge in [-0.15, -0.1) is 11.3 Å². The van der Waals surface area contributed by atoms with Crippen molar-refractivity contribution in [1.82, 2.24) is 34.6 Å². The summed E-state index contributed by atoms with van der Waals surface area (Å²) in [6, 6.07) is 10.3. The van der Waals surface area contributed by atoms with E-state index in [1.54, 1.807) is 16.0 Å². The van der Waals surface area contributed by atoms with Gasteiger partial charge >= 0.3 is 6.03 Å². The lowest BCUT2D eigenvalue weighted by molar-refractivity contribution is 0.194. The molecular formula is C24H24N8OS. The van der Waals surface area contributed by atoms with Crippen molar-refractivity contribution in [3.63, 3.8) is 0 Å². The Morgan fingerprint density at radius 2 is 1.91 bits per heavy atom. The molecule has 10 heteroatoms. The average molecular weight is 473 g/mol. The molecule has 0 unspecified atom stereocenters. The number of amides is 2. The SMILES string of the molecule is Cn1cc(-c2ccc3c(N4CCN(C(=O)NCc5ccc6ncsc6c5)CC4)cnn3c2)cn1. The minimum Gasteiger partial charge on any atom is -0.365 e. The summed E-state index contributed by atoms with van der Waals surface area (Å²) in [5.41, 5.74) is 8.22. The molecule has 4 aromatic heterocycles. The van der Waals surface area contributed by atoms with Crippen molar-refractivity contribution in [1.29, 1.82) is 0 Å². The Bertz CT molecular complexity index is 1480. The van der Waals surface area contributed by atoms with E-state index in [4.69, 9.17) is 0 Å². The Hall–Kier alpha value is -3.92. The number of carbonyl (C=O) groups excluding carboxylic acids is 1. The molecule has 5 heterocycles. The van der Waals surface area contributed by atoms with Gasteiger partial charge in [-0.2, -0.15) is 10.2 Å². The van der Waals surface area contributed by atoms with Crippen LogP contribution in [0.2, 0.25) is 0 Å². The standard InChI is InChI=1S/C24H24N8OS/c1-29-14-19(12-27-29)18-3-5-21-22(13-28-32(21)15-18)30-6-8-31(9-7-30)24(33)25-11-17-2-4-20-23(10-17)34-16-26-20/h2-5,10,12-16H,6-9,11H2,1H3,(H,25,33). The van der Waals surface area contributed by atoms with Gasteiger partial charge in [0.25, 0.3) is 0 Å². The van der Waals surface area contributed by atoms with E-state index in [0.717, 1.165) is 51.2 Å². The Morgan fingerprint density at radius 1 is 1.03 bits per heavy atom. The quantitative estimate of drug-likeness (QED) is 0.434. The van der Waals surface area contributed by atoms with Gasteiger partial charge in [-0.25, -0.2) is 14.3 Å². The topological polar surface area (TPSA) is 83.6 Å². The van der Waals surface area contributed by atoms with Gasteiger partial charge in [-0.3, -0.25) is 4.68 Å². The van der Waals surface area contributed by atoms with E-state index in [1.165, 1.54) is 0 Å². The van der Waals surface area contributed by atoms with Gasteiger partial charge in [0.15, 0.2) is 0 Å². The van der Waals surface area contributed by atoms with Gasteiger partial charge in [0.2, 0.25) is 0 Å². The molecule has 172 valence electrons. The van der Waals surface area contributed by atoms with Gasteiger partial charge in [-0.1, -0.05) is 12.1 Å². The Labute approximate surface area is 200 Å². The first-order valence-corrected chi connectivity index (χ1v) is 12.1. The number of thiazole rings is 1. The van der Waals surface area contributed by atoms with Gasteiger partial charge in [-0.05, 0) is 23.8 Å². The van der Waals surface area contributed by atoms with E-state index < -0.39 is 0 Å². The van der Waals surface area contributed by atoms with Crippen molar-refractivity contribution in [2.24, 2.45) is 7.05 Å². The molecule has 0 saturated carbocycles. The van der Waals surface area contributed by atoms with Crippen LogP contribution in [0, 0.1) is 0 Å². The van der Waals surface area contributed by atoms with Crippen LogP contribution in [-0.4, -0.2) is 61.5 Å². The Balaban J connectivity index is 1.08. The van der Waals surface area contributed by atoms with Crippen molar-refractivity contribution in [2.45, 2.75) is 6.54 Å². The predicted molar refractivity (Wildman–Crippen MR) is 133 cm³/mol. The largest absolute Gasteiger partial charge is 0.365 e. The summed E-state index contributed by atoms with van der Waals surface area (Å²) in [4.78, 5) is 21.2. The molecule has 9 nitrogen and oxygen atoms in total. The second kappa shape index (κ2) is 8.45. The highest BCUT2D eigenvalue weighted by Crippen LogP contribution is 2.26. The highest BCUT2D eigenvalue weighted by Gasteiger charge is 2.23. The summed E-state index contributed by atoms with van der Waals surface area (Å²) in [5.74, 6) is 0. The maximum Gasteiger partial charge on any atom is 0.317 e. The van der Waals surface area contributed by atoms with E-state index in [-0.39, 0.29) is 6.03 Å². The summed E-state index contributed by atoms with van der Waals surface area (Å²) < 4.78 is 4.85. The number of fused-ring (bicyclic) bond motifs is 2. The number of hydrogen-bond acceptors (Lipinski definition) is 6. The molecule has 1 aliphatic rings. The predicted octanol–water partition coefficient (Wildman–Crippen LogP) is 3.38. The maximum atomic E-state index is 12.7. The van der Waals surface area contributed by atoms with Crippen LogP contribution in [0.1, 0.15) is 5.56 Å². The molecule has 0 spiro atoms. The number of hydrogen-bond donors (Lipinski definition) is 1. The molecule has 1 N–H and O–H groups in total. The number of pyridine rings is 1. The van der Waals surface area contributed by atoms with Gasteiger partial charge in [0, 0.05) is 63.3 Å². The van der Waals surface area contributed by atoms with Crippen LogP contribution in [0.5, 0.6) is 0 Å². The molecule has 0 radical (unpaired) electrons. The summed E-state index contributed by atoms with van der Waals surface area (Å²) in [6.45, 7) is 3.40. The van der Waals surface area contributed by atoms with E-state index >= 15 is 0 Å². The van der Waals surface area contributed by atoms with Crippen LogP contribution < -0.4 is 10.2 Å². The Kier molecular flexibility index (Phi) is 5.14. The van der Waals surface area contributed by atoms with Crippen LogP contribution in [0.25, 0.3) is 26.9 Å². The van der Waals surface area contributed by atoms with Crippen molar-refractivity contribution in [3.05, 3.63) is 66.2 Å². The van der Waals surface area contributed by atoms with Crippen LogP contribution in [0.4, 0.5) is 10.5 Å². The lowest BCUT2D eigenvalue weighted by atomic mass is 10.1. The molecule has 1 saturated heterocycles. The van der Waals surface area contributed by atoms with Gasteiger partial charge in [0.05, 0.1) is 39.3 Å². The highest BCUT2D eigenvalue weighted by atomic mass is 32.1. The number of anilines is 1. The zero-order valence-electron chi connectivity index (χ0n) is 18.8. The Morgan fingerprint density at radius 3 is 2.74 bits per heavy atom. The maximum absolute atomic E-state index is 12.7. The molecule has 6 rings (SSSR count). The number of carbonyl (C=O) groups is 1. The number of aryl methyl sites for hydroxylation is 1. The number of aromatic nitrogens is 5. The number of piperazine rings is 1. The van der Waals surface area contributed by atoms with Crippen molar-refractivity contribution in [3.8, 4) is 11.1 Å². The second-order valence-corrected chi connectivity index (χ2v) is 9.35. The van der Waals surface area contributed by atoms with Crippen LogP contribution >= 0.6 is 11.3 Å². The number of urea groups is 1. The normalized spacial score (nSPS) is 14.3. The minimum absolute atomic E-state index is 0.0231. The molecule has 0 bridgehead atoms. The highest BCUT2D eigenvalue weighted by molar-refractivity contribution is 7.16. The number of nitrogens with one attached hydrogen (secondary N) is 1. The average Bonchev–Trinajstić information content (AvgIpc) is 3.61. The molecule has 34 heavy (non-hydrogen) atoms. The summed E-state index contributed by atoms with van der Waals surface area (Å²) >= 11 is 1.61. The zero-order chi connectivity index (χ0) is 23.1. The number of nitrogens with zero attached hydrogens (tertiary/aromatic N) is 7.